The normalized spacial score (nSPS) is 13.6. The number of carboxylic acids is 1. The number of carboxylic acid groups (broad SMARTS) is 1. The Morgan fingerprint density at radius 2 is 1.59 bits per heavy atom. The fourth-order valence-corrected chi connectivity index (χ4v) is 6.31. The number of aromatic nitrogens is 6. The van der Waals surface area contributed by atoms with Crippen LogP contribution in [0.1, 0.15) is 71.3 Å². The molecule has 2 aromatic heterocycles. The Labute approximate surface area is 265 Å². The second-order valence-corrected chi connectivity index (χ2v) is 11.7. The van der Waals surface area contributed by atoms with Crippen LogP contribution in [-0.2, 0) is 6.61 Å². The lowest BCUT2D eigenvalue weighted by molar-refractivity contribution is 0.0696. The summed E-state index contributed by atoms with van der Waals surface area (Å²) < 4.78 is 8.59. The van der Waals surface area contributed by atoms with Crippen molar-refractivity contribution in [1.82, 2.24) is 30.2 Å². The Bertz CT molecular complexity index is 2030. The lowest BCUT2D eigenvalue weighted by Crippen LogP contribution is -2.14. The number of rotatable bonds is 9. The highest BCUT2D eigenvalue weighted by Gasteiger charge is 2.23. The molecule has 2 N–H and O–H groups in total. The molecule has 6 aromatic rings. The molecule has 0 unspecified atom stereocenters. The first-order chi connectivity index (χ1) is 22.4. The Hall–Kier alpha value is -5.64. The van der Waals surface area contributed by atoms with Gasteiger partial charge in [-0.3, -0.25) is 4.79 Å². The predicted molar refractivity (Wildman–Crippen MR) is 174 cm³/mol. The summed E-state index contributed by atoms with van der Waals surface area (Å²) in [5.74, 6) is 1.07. The molecule has 1 fully saturated rings. The van der Waals surface area contributed by atoms with Crippen molar-refractivity contribution in [3.63, 3.8) is 0 Å². The average Bonchev–Trinajstić information content (AvgIpc) is 3.76. The molecule has 0 amide bonds. The van der Waals surface area contributed by atoms with Crippen molar-refractivity contribution in [3.8, 4) is 39.7 Å². The zero-order valence-corrected chi connectivity index (χ0v) is 25.3. The molecule has 230 valence electrons. The third-order valence-corrected chi connectivity index (χ3v) is 8.69. The summed E-state index contributed by atoms with van der Waals surface area (Å²) in [6, 6.07) is 26.7. The van der Waals surface area contributed by atoms with Gasteiger partial charge in [0.15, 0.2) is 5.78 Å². The first-order valence-electron chi connectivity index (χ1n) is 15.4. The molecule has 1 aliphatic carbocycles. The first kappa shape index (κ1) is 29.1. The quantitative estimate of drug-likeness (QED) is 0.160. The van der Waals surface area contributed by atoms with Crippen LogP contribution in [0.5, 0.6) is 5.75 Å². The third-order valence-electron chi connectivity index (χ3n) is 8.69. The highest BCUT2D eigenvalue weighted by atomic mass is 16.5. The lowest BCUT2D eigenvalue weighted by Gasteiger charge is -2.25. The highest BCUT2D eigenvalue weighted by molar-refractivity contribution is 5.94. The van der Waals surface area contributed by atoms with E-state index in [2.05, 4.69) is 31.3 Å². The molecule has 10 heteroatoms. The minimum atomic E-state index is -1.01. The van der Waals surface area contributed by atoms with Gasteiger partial charge in [-0.25, -0.2) is 9.78 Å². The molecule has 0 aliphatic heterocycles. The molecule has 7 rings (SSSR count). The molecule has 1 aliphatic rings. The van der Waals surface area contributed by atoms with Crippen molar-refractivity contribution in [2.45, 2.75) is 51.7 Å². The number of aromatic amines is 1. The second-order valence-electron chi connectivity index (χ2n) is 11.7. The molecule has 0 spiro atoms. The van der Waals surface area contributed by atoms with Crippen LogP contribution in [0.25, 0.3) is 44.9 Å². The number of nitrogens with zero attached hydrogens (tertiary/aromatic N) is 5. The number of ether oxygens (including phenoxy) is 1. The van der Waals surface area contributed by atoms with E-state index in [1.807, 2.05) is 48.5 Å². The number of imidazole rings is 1. The number of ketones is 1. The van der Waals surface area contributed by atoms with E-state index in [0.29, 0.717) is 23.2 Å². The van der Waals surface area contributed by atoms with Crippen LogP contribution in [-0.4, -0.2) is 47.0 Å². The molecular formula is C36H32N6O4. The van der Waals surface area contributed by atoms with Crippen LogP contribution in [0.15, 0.2) is 84.9 Å². The first-order valence-corrected chi connectivity index (χ1v) is 15.4. The highest BCUT2D eigenvalue weighted by Crippen LogP contribution is 2.37. The van der Waals surface area contributed by atoms with E-state index in [1.54, 1.807) is 30.3 Å². The van der Waals surface area contributed by atoms with Crippen molar-refractivity contribution in [2.24, 2.45) is 0 Å². The lowest BCUT2D eigenvalue weighted by atomic mass is 9.94. The minimum Gasteiger partial charge on any atom is -0.489 e. The third kappa shape index (κ3) is 5.77. The van der Waals surface area contributed by atoms with E-state index in [1.165, 1.54) is 26.2 Å². The van der Waals surface area contributed by atoms with Crippen molar-refractivity contribution >= 4 is 22.8 Å². The SMILES string of the molecule is CC(=O)c1ccc(-c2ccc(C(=O)O)cc2COc2ccc(-c3nc4cc(-c5nn[nH]n5)ccc4n3C3CCCCC3)cc2)cc1. The smallest absolute Gasteiger partial charge is 0.335 e. The number of carbonyl (C=O) groups is 2. The topological polar surface area (TPSA) is 136 Å². The summed E-state index contributed by atoms with van der Waals surface area (Å²) in [4.78, 5) is 28.6. The fourth-order valence-electron chi connectivity index (χ4n) is 6.31. The Morgan fingerprint density at radius 1 is 0.870 bits per heavy atom. The largest absolute Gasteiger partial charge is 0.489 e. The van der Waals surface area contributed by atoms with Gasteiger partial charge < -0.3 is 14.4 Å². The van der Waals surface area contributed by atoms with Gasteiger partial charge in [0.1, 0.15) is 18.2 Å². The summed E-state index contributed by atoms with van der Waals surface area (Å²) in [7, 11) is 0. The van der Waals surface area contributed by atoms with Crippen LogP contribution in [0.3, 0.4) is 0 Å². The maximum absolute atomic E-state index is 11.8. The Kier molecular flexibility index (Phi) is 7.84. The number of Topliss-reactive ketones (excluding diaryl/α,β-unsaturated/α-hetero) is 1. The van der Waals surface area contributed by atoms with Crippen LogP contribution in [0, 0.1) is 0 Å². The maximum atomic E-state index is 11.8. The van der Waals surface area contributed by atoms with Gasteiger partial charge in [-0.1, -0.05) is 49.6 Å². The van der Waals surface area contributed by atoms with Crippen molar-refractivity contribution in [2.75, 3.05) is 0 Å². The Morgan fingerprint density at radius 3 is 2.28 bits per heavy atom. The van der Waals surface area contributed by atoms with E-state index >= 15 is 0 Å². The number of hydrogen-bond acceptors (Lipinski definition) is 7. The molecule has 0 radical (unpaired) electrons. The van der Waals surface area contributed by atoms with E-state index in [4.69, 9.17) is 9.72 Å². The van der Waals surface area contributed by atoms with Gasteiger partial charge in [0.25, 0.3) is 0 Å². The molecule has 1 saturated carbocycles. The van der Waals surface area contributed by atoms with Gasteiger partial charge in [-0.2, -0.15) is 5.21 Å². The number of carbonyl (C=O) groups excluding carboxylic acids is 1. The number of benzene rings is 4. The summed E-state index contributed by atoms with van der Waals surface area (Å²) in [5.41, 5.74) is 7.05. The second kappa shape index (κ2) is 12.4. The minimum absolute atomic E-state index is 0.0114. The maximum Gasteiger partial charge on any atom is 0.335 e. The average molecular weight is 613 g/mol. The molecule has 0 bridgehead atoms. The monoisotopic (exact) mass is 612 g/mol. The van der Waals surface area contributed by atoms with Gasteiger partial charge in [-0.05, 0) is 96.3 Å². The molecule has 2 heterocycles. The van der Waals surface area contributed by atoms with Crippen molar-refractivity contribution < 1.29 is 19.4 Å². The van der Waals surface area contributed by atoms with Gasteiger partial charge in [-0.15, -0.1) is 10.2 Å². The van der Waals surface area contributed by atoms with Gasteiger partial charge in [0.05, 0.1) is 16.6 Å². The van der Waals surface area contributed by atoms with E-state index in [9.17, 15) is 14.7 Å². The van der Waals surface area contributed by atoms with Crippen LogP contribution in [0.2, 0.25) is 0 Å². The van der Waals surface area contributed by atoms with Crippen molar-refractivity contribution in [1.29, 1.82) is 0 Å². The summed E-state index contributed by atoms with van der Waals surface area (Å²) in [6.07, 6.45) is 5.88. The number of hydrogen-bond donors (Lipinski definition) is 2. The zero-order valence-electron chi connectivity index (χ0n) is 25.3. The van der Waals surface area contributed by atoms with E-state index < -0.39 is 5.97 Å². The zero-order chi connectivity index (χ0) is 31.6. The number of H-pyrrole nitrogens is 1. The van der Waals surface area contributed by atoms with Crippen LogP contribution >= 0.6 is 0 Å². The molecule has 10 nitrogen and oxygen atoms in total. The molecule has 46 heavy (non-hydrogen) atoms. The van der Waals surface area contributed by atoms with E-state index in [-0.39, 0.29) is 18.0 Å². The molecule has 4 aromatic carbocycles. The predicted octanol–water partition coefficient (Wildman–Crippen LogP) is 7.54. The van der Waals surface area contributed by atoms with Crippen molar-refractivity contribution in [3.05, 3.63) is 102 Å². The van der Waals surface area contributed by atoms with E-state index in [0.717, 1.165) is 57.5 Å². The molecule has 0 saturated heterocycles. The fraction of sp³-hybridized carbons (Fsp3) is 0.222. The van der Waals surface area contributed by atoms with Gasteiger partial charge in [0.2, 0.25) is 5.82 Å². The summed E-state index contributed by atoms with van der Waals surface area (Å²) >= 11 is 0. The standard InChI is InChI=1S/C36H32N6O4/c1-22(43)23-7-9-24(10-8-23)31-17-13-27(36(44)45)19-28(31)21-46-30-15-11-25(12-16-30)35-37-32-20-26(34-38-40-41-39-34)14-18-33(32)42(35)29-5-3-2-4-6-29/h7-20,29H,2-6,21H2,1H3,(H,44,45)(H,38,39,40,41). The summed E-state index contributed by atoms with van der Waals surface area (Å²) in [6.45, 7) is 1.70. The van der Waals surface area contributed by atoms with Gasteiger partial charge in [0, 0.05) is 22.7 Å². The Balaban J connectivity index is 1.18. The van der Waals surface area contributed by atoms with Crippen LogP contribution in [0.4, 0.5) is 0 Å². The number of tetrazole rings is 1. The van der Waals surface area contributed by atoms with Crippen LogP contribution < -0.4 is 4.74 Å². The number of aromatic carboxylic acids is 1. The number of nitrogens with one attached hydrogen (secondary N) is 1. The van der Waals surface area contributed by atoms with Gasteiger partial charge >= 0.3 is 5.97 Å². The molecular weight excluding hydrogens is 580 g/mol. The molecule has 0 atom stereocenters. The number of fused-ring (bicyclic) bond motifs is 1. The summed E-state index contributed by atoms with van der Waals surface area (Å²) in [5, 5.41) is 24.1.